The Labute approximate surface area is 192 Å². The lowest BCUT2D eigenvalue weighted by Crippen LogP contribution is -2.44. The molecule has 1 heterocycles. The Balaban J connectivity index is 1.28. The molecule has 0 atom stereocenters. The minimum atomic E-state index is -0.840. The summed E-state index contributed by atoms with van der Waals surface area (Å²) < 4.78 is 26.8. The lowest BCUT2D eigenvalue weighted by atomic mass is 10.0. The molecule has 3 aromatic rings. The summed E-state index contributed by atoms with van der Waals surface area (Å²) in [5, 5.41) is 3.77. The van der Waals surface area contributed by atoms with E-state index in [2.05, 4.69) is 10.2 Å². The van der Waals surface area contributed by atoms with Crippen LogP contribution < -0.4 is 5.32 Å². The van der Waals surface area contributed by atoms with Crippen molar-refractivity contribution in [3.8, 4) is 11.1 Å². The molecular weight excluding hydrogens is 430 g/mol. The number of halogens is 3. The van der Waals surface area contributed by atoms with Crippen molar-refractivity contribution in [3.63, 3.8) is 0 Å². The van der Waals surface area contributed by atoms with Crippen molar-refractivity contribution in [2.24, 2.45) is 0 Å². The molecule has 0 spiro atoms. The Morgan fingerprint density at radius 2 is 1.62 bits per heavy atom. The first-order chi connectivity index (χ1) is 15.5. The molecule has 0 saturated carbocycles. The van der Waals surface area contributed by atoms with Crippen LogP contribution in [0.25, 0.3) is 11.1 Å². The SMILES string of the molecule is O=C(Cc1cccc(Cl)c1)NC1CCN(Cc2cccc(-c3ccc(F)c(F)c3)c2)CC1. The standard InChI is InChI=1S/C26H25ClF2N2O/c27-22-6-2-3-18(14-22)15-26(32)30-23-9-11-31(12-10-23)17-19-4-1-5-20(13-19)21-7-8-24(28)25(29)16-21/h1-8,13-14,16,23H,9-12,15,17H2,(H,30,32). The van der Waals surface area contributed by atoms with Gasteiger partial charge in [0, 0.05) is 30.7 Å². The Kier molecular flexibility index (Phi) is 7.18. The first kappa shape index (κ1) is 22.4. The summed E-state index contributed by atoms with van der Waals surface area (Å²) in [7, 11) is 0. The van der Waals surface area contributed by atoms with Gasteiger partial charge in [-0.2, -0.15) is 0 Å². The lowest BCUT2D eigenvalue weighted by Gasteiger charge is -2.32. The maximum absolute atomic E-state index is 13.6. The topological polar surface area (TPSA) is 32.3 Å². The summed E-state index contributed by atoms with van der Waals surface area (Å²) in [6.07, 6.45) is 2.12. The smallest absolute Gasteiger partial charge is 0.224 e. The van der Waals surface area contributed by atoms with E-state index in [0.29, 0.717) is 17.0 Å². The Bertz CT molecular complexity index is 1100. The lowest BCUT2D eigenvalue weighted by molar-refractivity contribution is -0.121. The van der Waals surface area contributed by atoms with E-state index in [-0.39, 0.29) is 11.9 Å². The first-order valence-electron chi connectivity index (χ1n) is 10.8. The van der Waals surface area contributed by atoms with Gasteiger partial charge in [0.25, 0.3) is 0 Å². The highest BCUT2D eigenvalue weighted by Gasteiger charge is 2.21. The molecule has 1 N–H and O–H groups in total. The number of likely N-dealkylation sites (tertiary alicyclic amines) is 1. The molecule has 1 saturated heterocycles. The summed E-state index contributed by atoms with van der Waals surface area (Å²) >= 11 is 5.99. The van der Waals surface area contributed by atoms with Crippen molar-refractivity contribution in [2.75, 3.05) is 13.1 Å². The van der Waals surface area contributed by atoms with Gasteiger partial charge in [-0.15, -0.1) is 0 Å². The molecule has 3 nitrogen and oxygen atoms in total. The van der Waals surface area contributed by atoms with Crippen LogP contribution in [-0.4, -0.2) is 29.9 Å². The summed E-state index contributed by atoms with van der Waals surface area (Å²) in [4.78, 5) is 14.7. The van der Waals surface area contributed by atoms with Crippen molar-refractivity contribution in [2.45, 2.75) is 31.8 Å². The molecule has 0 aliphatic carbocycles. The third kappa shape index (κ3) is 5.93. The number of rotatable bonds is 6. The summed E-state index contributed by atoms with van der Waals surface area (Å²) in [6.45, 7) is 2.55. The number of hydrogen-bond acceptors (Lipinski definition) is 2. The number of nitrogens with one attached hydrogen (secondary N) is 1. The van der Waals surface area contributed by atoms with Gasteiger partial charge >= 0.3 is 0 Å². The molecule has 0 radical (unpaired) electrons. The van der Waals surface area contributed by atoms with Crippen molar-refractivity contribution in [1.82, 2.24) is 10.2 Å². The zero-order valence-corrected chi connectivity index (χ0v) is 18.4. The summed E-state index contributed by atoms with van der Waals surface area (Å²) in [5.41, 5.74) is 3.56. The molecule has 1 amide bonds. The van der Waals surface area contributed by atoms with Gasteiger partial charge in [-0.1, -0.05) is 48.0 Å². The number of hydrogen-bond donors (Lipinski definition) is 1. The fourth-order valence-corrected chi connectivity index (χ4v) is 4.34. The number of benzene rings is 3. The molecule has 0 bridgehead atoms. The fourth-order valence-electron chi connectivity index (χ4n) is 4.13. The number of carbonyl (C=O) groups excluding carboxylic acids is 1. The molecule has 1 aliphatic heterocycles. The Morgan fingerprint density at radius 3 is 2.38 bits per heavy atom. The van der Waals surface area contributed by atoms with Crippen LogP contribution >= 0.6 is 11.6 Å². The Hall–Kier alpha value is -2.76. The van der Waals surface area contributed by atoms with Crippen LogP contribution in [-0.2, 0) is 17.8 Å². The minimum Gasteiger partial charge on any atom is -0.353 e. The molecule has 0 unspecified atom stereocenters. The average molecular weight is 455 g/mol. The fraction of sp³-hybridized carbons (Fsp3) is 0.269. The van der Waals surface area contributed by atoms with Crippen molar-refractivity contribution < 1.29 is 13.6 Å². The molecule has 4 rings (SSSR count). The normalized spacial score (nSPS) is 15.0. The second-order valence-corrected chi connectivity index (χ2v) is 8.69. The zero-order chi connectivity index (χ0) is 22.5. The van der Waals surface area contributed by atoms with Crippen molar-refractivity contribution in [3.05, 3.63) is 94.5 Å². The third-order valence-corrected chi connectivity index (χ3v) is 6.03. The monoisotopic (exact) mass is 454 g/mol. The quantitative estimate of drug-likeness (QED) is 0.525. The predicted octanol–water partition coefficient (Wildman–Crippen LogP) is 5.61. The summed E-state index contributed by atoms with van der Waals surface area (Å²) in [5.74, 6) is -1.66. The number of nitrogens with zero attached hydrogens (tertiary/aromatic N) is 1. The maximum atomic E-state index is 13.6. The third-order valence-electron chi connectivity index (χ3n) is 5.79. The summed E-state index contributed by atoms with van der Waals surface area (Å²) in [6, 6.07) is 19.4. The van der Waals surface area contributed by atoms with Crippen LogP contribution in [0.4, 0.5) is 8.78 Å². The minimum absolute atomic E-state index is 0.0185. The van der Waals surface area contributed by atoms with Gasteiger partial charge in [-0.05, 0) is 65.4 Å². The zero-order valence-electron chi connectivity index (χ0n) is 17.7. The predicted molar refractivity (Wildman–Crippen MR) is 123 cm³/mol. The molecular formula is C26H25ClF2N2O. The van der Waals surface area contributed by atoms with Gasteiger partial charge in [0.05, 0.1) is 6.42 Å². The second kappa shape index (κ2) is 10.2. The average Bonchev–Trinajstić information content (AvgIpc) is 2.77. The largest absolute Gasteiger partial charge is 0.353 e. The molecule has 1 aliphatic rings. The van der Waals surface area contributed by atoms with E-state index >= 15 is 0 Å². The van der Waals surface area contributed by atoms with Gasteiger partial charge in [-0.25, -0.2) is 8.78 Å². The van der Waals surface area contributed by atoms with Gasteiger partial charge in [0.1, 0.15) is 0 Å². The van der Waals surface area contributed by atoms with Crippen LogP contribution in [0.3, 0.4) is 0 Å². The molecule has 6 heteroatoms. The molecule has 166 valence electrons. The van der Waals surface area contributed by atoms with E-state index in [4.69, 9.17) is 11.6 Å². The van der Waals surface area contributed by atoms with E-state index < -0.39 is 11.6 Å². The van der Waals surface area contributed by atoms with Gasteiger partial charge in [0.2, 0.25) is 5.91 Å². The number of carbonyl (C=O) groups is 1. The van der Waals surface area contributed by atoms with Crippen LogP contribution in [0, 0.1) is 11.6 Å². The highest BCUT2D eigenvalue weighted by molar-refractivity contribution is 6.30. The van der Waals surface area contributed by atoms with Gasteiger partial charge in [-0.3, -0.25) is 9.69 Å². The van der Waals surface area contributed by atoms with E-state index in [0.717, 1.165) is 55.2 Å². The van der Waals surface area contributed by atoms with Crippen molar-refractivity contribution in [1.29, 1.82) is 0 Å². The number of piperidine rings is 1. The van der Waals surface area contributed by atoms with Crippen LogP contribution in [0.2, 0.25) is 5.02 Å². The van der Waals surface area contributed by atoms with E-state index in [1.54, 1.807) is 12.1 Å². The first-order valence-corrected chi connectivity index (χ1v) is 11.1. The van der Waals surface area contributed by atoms with Gasteiger partial charge in [0.15, 0.2) is 11.6 Å². The van der Waals surface area contributed by atoms with E-state index in [9.17, 15) is 13.6 Å². The van der Waals surface area contributed by atoms with Gasteiger partial charge < -0.3 is 5.32 Å². The second-order valence-electron chi connectivity index (χ2n) is 8.25. The molecule has 32 heavy (non-hydrogen) atoms. The maximum Gasteiger partial charge on any atom is 0.224 e. The number of amides is 1. The van der Waals surface area contributed by atoms with Crippen molar-refractivity contribution >= 4 is 17.5 Å². The van der Waals surface area contributed by atoms with E-state index in [1.807, 2.05) is 42.5 Å². The molecule has 0 aromatic heterocycles. The molecule has 1 fully saturated rings. The van der Waals surface area contributed by atoms with E-state index in [1.165, 1.54) is 6.07 Å². The van der Waals surface area contributed by atoms with Crippen LogP contribution in [0.1, 0.15) is 24.0 Å². The highest BCUT2D eigenvalue weighted by Crippen LogP contribution is 2.24. The molecule has 3 aromatic carbocycles. The Morgan fingerprint density at radius 1 is 0.906 bits per heavy atom. The van der Waals surface area contributed by atoms with Crippen LogP contribution in [0.5, 0.6) is 0 Å². The van der Waals surface area contributed by atoms with Crippen LogP contribution in [0.15, 0.2) is 66.7 Å². The highest BCUT2D eigenvalue weighted by atomic mass is 35.5.